The standard InChI is InChI=1S/C12H20N2O12P2/c1-2-3-6-4-8(15)14(12(18)13-6)11-10(17)9(16)7(25-11)5-24-28(22,23)26-27(19,20)21/h4,7,9-11,16-17H,2-3,5H2,1H3,(H,13,18)(H,22,23)(H2,19,20,21)/t7-,9-,10-,11-/m1/s1. The van der Waals surface area contributed by atoms with Gasteiger partial charge in [0.25, 0.3) is 5.56 Å². The molecule has 2 rings (SSSR count). The lowest BCUT2D eigenvalue weighted by Crippen LogP contribution is -2.43. The molecule has 1 unspecified atom stereocenters. The van der Waals surface area contributed by atoms with Crippen molar-refractivity contribution in [2.75, 3.05) is 6.61 Å². The first kappa shape index (κ1) is 23.1. The maximum atomic E-state index is 12.2. The predicted octanol–water partition coefficient (Wildman–Crippen LogP) is -1.67. The van der Waals surface area contributed by atoms with Crippen LogP contribution in [0.5, 0.6) is 0 Å². The molecule has 1 aliphatic rings. The molecule has 2 heterocycles. The van der Waals surface area contributed by atoms with Crippen molar-refractivity contribution in [3.8, 4) is 0 Å². The molecule has 16 heteroatoms. The van der Waals surface area contributed by atoms with E-state index in [9.17, 15) is 33.8 Å². The van der Waals surface area contributed by atoms with Crippen LogP contribution in [-0.4, -0.2) is 59.4 Å². The monoisotopic (exact) mass is 446 g/mol. The minimum absolute atomic E-state index is 0.373. The second-order valence-corrected chi connectivity index (χ2v) is 8.77. The van der Waals surface area contributed by atoms with Crippen molar-refractivity contribution >= 4 is 15.6 Å². The molecular formula is C12H20N2O12P2. The van der Waals surface area contributed by atoms with Crippen LogP contribution in [0.2, 0.25) is 0 Å². The molecule has 0 aromatic carbocycles. The first-order chi connectivity index (χ1) is 12.8. The van der Waals surface area contributed by atoms with Crippen LogP contribution in [0.3, 0.4) is 0 Å². The molecule has 1 aromatic heterocycles. The van der Waals surface area contributed by atoms with E-state index in [2.05, 4.69) is 13.8 Å². The van der Waals surface area contributed by atoms with E-state index in [4.69, 9.17) is 14.5 Å². The SMILES string of the molecule is CCCc1cc(=O)n([C@@H]2O[C@H](COP(=O)(O)OP(=O)(O)O)[C@@H](O)[C@H]2O)c(=O)[nH]1. The van der Waals surface area contributed by atoms with Gasteiger partial charge >= 0.3 is 21.3 Å². The normalized spacial score (nSPS) is 27.6. The molecule has 1 aliphatic heterocycles. The number of aromatic amines is 1. The zero-order valence-corrected chi connectivity index (χ0v) is 16.2. The highest BCUT2D eigenvalue weighted by Crippen LogP contribution is 2.57. The summed E-state index contributed by atoms with van der Waals surface area (Å²) in [5.74, 6) is 0. The van der Waals surface area contributed by atoms with Crippen molar-refractivity contribution in [2.24, 2.45) is 0 Å². The lowest BCUT2D eigenvalue weighted by Gasteiger charge is -2.17. The van der Waals surface area contributed by atoms with Crippen molar-refractivity contribution in [1.29, 1.82) is 0 Å². The Morgan fingerprint density at radius 3 is 2.39 bits per heavy atom. The first-order valence-corrected chi connectivity index (χ1v) is 11.0. The Labute approximate surface area is 157 Å². The fourth-order valence-electron chi connectivity index (χ4n) is 2.60. The first-order valence-electron chi connectivity index (χ1n) is 7.95. The minimum atomic E-state index is -5.34. The fourth-order valence-corrected chi connectivity index (χ4v) is 4.20. The van der Waals surface area contributed by atoms with E-state index in [1.807, 2.05) is 6.92 Å². The number of aryl methyl sites for hydroxylation is 1. The molecule has 0 amide bonds. The summed E-state index contributed by atoms with van der Waals surface area (Å²) in [6.45, 7) is 0.897. The number of phosphoric acid groups is 2. The number of aliphatic hydroxyl groups is 2. The Balaban J connectivity index is 2.17. The number of nitrogens with one attached hydrogen (secondary N) is 1. The van der Waals surface area contributed by atoms with Gasteiger partial charge in [-0.1, -0.05) is 13.3 Å². The molecule has 0 saturated carbocycles. The van der Waals surface area contributed by atoms with Gasteiger partial charge in [0.1, 0.15) is 18.3 Å². The summed E-state index contributed by atoms with van der Waals surface area (Å²) in [5, 5.41) is 20.1. The van der Waals surface area contributed by atoms with E-state index in [0.717, 1.165) is 6.07 Å². The number of nitrogens with zero attached hydrogens (tertiary/aromatic N) is 1. The van der Waals surface area contributed by atoms with Crippen molar-refractivity contribution in [2.45, 2.75) is 44.3 Å². The highest BCUT2D eigenvalue weighted by molar-refractivity contribution is 7.60. The Hall–Kier alpha value is -1.18. The van der Waals surface area contributed by atoms with Crippen molar-refractivity contribution < 1.29 is 47.6 Å². The van der Waals surface area contributed by atoms with Crippen LogP contribution in [-0.2, 0) is 29.1 Å². The second-order valence-electron chi connectivity index (χ2n) is 5.94. The van der Waals surface area contributed by atoms with Crippen LogP contribution in [0.4, 0.5) is 0 Å². The molecule has 0 aliphatic carbocycles. The van der Waals surface area contributed by atoms with Crippen LogP contribution in [0.15, 0.2) is 15.7 Å². The molecule has 1 fully saturated rings. The second kappa shape index (κ2) is 8.67. The Bertz CT molecular complexity index is 875. The van der Waals surface area contributed by atoms with E-state index in [-0.39, 0.29) is 0 Å². The van der Waals surface area contributed by atoms with E-state index >= 15 is 0 Å². The average Bonchev–Trinajstić information content (AvgIpc) is 2.79. The fraction of sp³-hybridized carbons (Fsp3) is 0.667. The quantitative estimate of drug-likeness (QED) is 0.247. The number of aliphatic hydroxyl groups excluding tert-OH is 2. The smallest absolute Gasteiger partial charge is 0.387 e. The maximum Gasteiger partial charge on any atom is 0.481 e. The van der Waals surface area contributed by atoms with E-state index in [0.29, 0.717) is 23.1 Å². The summed E-state index contributed by atoms with van der Waals surface area (Å²) < 4.78 is 35.7. The topological polar surface area (TPSA) is 218 Å². The number of H-pyrrole nitrogens is 1. The number of aromatic nitrogens is 2. The molecule has 0 radical (unpaired) electrons. The van der Waals surface area contributed by atoms with Gasteiger partial charge in [0.2, 0.25) is 0 Å². The Morgan fingerprint density at radius 2 is 1.86 bits per heavy atom. The van der Waals surface area contributed by atoms with Gasteiger partial charge in [-0.25, -0.2) is 18.5 Å². The highest BCUT2D eigenvalue weighted by atomic mass is 31.3. The molecule has 1 aromatic rings. The third-order valence-electron chi connectivity index (χ3n) is 3.74. The summed E-state index contributed by atoms with van der Waals surface area (Å²) in [5.41, 5.74) is -1.33. The van der Waals surface area contributed by atoms with Gasteiger partial charge < -0.3 is 34.6 Å². The van der Waals surface area contributed by atoms with Crippen LogP contribution in [0.1, 0.15) is 25.3 Å². The van der Waals surface area contributed by atoms with Crippen molar-refractivity contribution in [3.05, 3.63) is 32.6 Å². The zero-order chi connectivity index (χ0) is 21.3. The molecule has 6 N–H and O–H groups in total. The molecule has 160 valence electrons. The van der Waals surface area contributed by atoms with Gasteiger partial charge in [-0.15, -0.1) is 0 Å². The van der Waals surface area contributed by atoms with Gasteiger partial charge in [-0.2, -0.15) is 4.31 Å². The third-order valence-corrected chi connectivity index (χ3v) is 5.90. The lowest BCUT2D eigenvalue weighted by atomic mass is 10.1. The molecule has 1 saturated heterocycles. The minimum Gasteiger partial charge on any atom is -0.387 e. The van der Waals surface area contributed by atoms with Crippen LogP contribution >= 0.6 is 15.6 Å². The van der Waals surface area contributed by atoms with E-state index in [1.54, 1.807) is 0 Å². The lowest BCUT2D eigenvalue weighted by molar-refractivity contribution is -0.0557. The van der Waals surface area contributed by atoms with Crippen LogP contribution in [0.25, 0.3) is 0 Å². The highest BCUT2D eigenvalue weighted by Gasteiger charge is 2.46. The molecule has 14 nitrogen and oxygen atoms in total. The summed E-state index contributed by atoms with van der Waals surface area (Å²) >= 11 is 0. The predicted molar refractivity (Wildman–Crippen MR) is 90.1 cm³/mol. The molecule has 28 heavy (non-hydrogen) atoms. The molecule has 0 bridgehead atoms. The number of rotatable bonds is 8. The summed E-state index contributed by atoms with van der Waals surface area (Å²) in [6, 6.07) is 1.13. The van der Waals surface area contributed by atoms with Gasteiger partial charge in [-0.3, -0.25) is 9.32 Å². The van der Waals surface area contributed by atoms with Crippen molar-refractivity contribution in [3.63, 3.8) is 0 Å². The number of ether oxygens (including phenoxy) is 1. The number of hydrogen-bond acceptors (Lipinski definition) is 9. The number of hydrogen-bond donors (Lipinski definition) is 6. The molecule has 0 spiro atoms. The van der Waals surface area contributed by atoms with Crippen LogP contribution in [0, 0.1) is 0 Å². The maximum absolute atomic E-state index is 12.2. The van der Waals surface area contributed by atoms with Gasteiger partial charge in [0, 0.05) is 11.8 Å². The van der Waals surface area contributed by atoms with E-state index < -0.39 is 58.0 Å². The van der Waals surface area contributed by atoms with Gasteiger partial charge in [0.05, 0.1) is 6.61 Å². The zero-order valence-electron chi connectivity index (χ0n) is 14.4. The van der Waals surface area contributed by atoms with Crippen molar-refractivity contribution in [1.82, 2.24) is 9.55 Å². The molecule has 5 atom stereocenters. The average molecular weight is 446 g/mol. The Morgan fingerprint density at radius 1 is 1.21 bits per heavy atom. The van der Waals surface area contributed by atoms with E-state index in [1.165, 1.54) is 0 Å². The Kier molecular flexibility index (Phi) is 7.16. The summed E-state index contributed by atoms with van der Waals surface area (Å²) in [6.07, 6.45) is -5.56. The largest absolute Gasteiger partial charge is 0.481 e. The summed E-state index contributed by atoms with van der Waals surface area (Å²) in [7, 11) is -10.6. The van der Waals surface area contributed by atoms with Gasteiger partial charge in [0.15, 0.2) is 6.23 Å². The summed E-state index contributed by atoms with van der Waals surface area (Å²) in [4.78, 5) is 53.1. The van der Waals surface area contributed by atoms with Crippen LogP contribution < -0.4 is 11.2 Å². The van der Waals surface area contributed by atoms with Gasteiger partial charge in [-0.05, 0) is 6.42 Å². The third kappa shape index (κ3) is 5.67. The molecular weight excluding hydrogens is 426 g/mol. The number of phosphoric ester groups is 1.